The van der Waals surface area contributed by atoms with Crippen molar-refractivity contribution in [2.45, 2.75) is 19.6 Å². The van der Waals surface area contributed by atoms with E-state index < -0.39 is 12.1 Å². The molecule has 6 nitrogen and oxygen atoms in total. The minimum absolute atomic E-state index is 0.112. The van der Waals surface area contributed by atoms with Crippen LogP contribution in [0.1, 0.15) is 23.2 Å². The Morgan fingerprint density at radius 1 is 1.79 bits per heavy atom. The Morgan fingerprint density at radius 3 is 3.00 bits per heavy atom. The van der Waals surface area contributed by atoms with Gasteiger partial charge >= 0.3 is 5.97 Å². The van der Waals surface area contributed by atoms with E-state index in [9.17, 15) is 4.79 Å². The average Bonchev–Trinajstić information content (AvgIpc) is 2.52. The topological polar surface area (TPSA) is 95.6 Å². The average molecular weight is 200 g/mol. The highest BCUT2D eigenvalue weighted by molar-refractivity contribution is 5.85. The van der Waals surface area contributed by atoms with E-state index in [-0.39, 0.29) is 5.69 Å². The van der Waals surface area contributed by atoms with Crippen molar-refractivity contribution < 1.29 is 19.5 Å². The molecule has 0 aliphatic heterocycles. The number of carboxylic acids is 1. The lowest BCUT2D eigenvalue weighted by molar-refractivity contribution is 0.0685. The van der Waals surface area contributed by atoms with Gasteiger partial charge in [0, 0.05) is 12.6 Å². The summed E-state index contributed by atoms with van der Waals surface area (Å²) in [6.07, 6.45) is -0.447. The largest absolute Gasteiger partial charge is 0.476 e. The van der Waals surface area contributed by atoms with Gasteiger partial charge in [-0.05, 0) is 6.92 Å². The molecule has 0 radical (unpaired) electrons. The van der Waals surface area contributed by atoms with E-state index in [0.29, 0.717) is 18.8 Å². The molecule has 0 spiro atoms. The van der Waals surface area contributed by atoms with Crippen LogP contribution >= 0.6 is 0 Å². The first kappa shape index (κ1) is 10.7. The fraction of sp³-hybridized carbons (Fsp3) is 0.500. The normalized spacial score (nSPS) is 12.7. The van der Waals surface area contributed by atoms with Crippen LogP contribution in [-0.4, -0.2) is 34.0 Å². The van der Waals surface area contributed by atoms with Gasteiger partial charge in [0.25, 0.3) is 0 Å². The summed E-state index contributed by atoms with van der Waals surface area (Å²) in [6, 6.07) is 1.34. The van der Waals surface area contributed by atoms with Crippen molar-refractivity contribution >= 4 is 5.97 Å². The Bertz CT molecular complexity index is 308. The third kappa shape index (κ3) is 3.15. The van der Waals surface area contributed by atoms with Crippen molar-refractivity contribution in [1.82, 2.24) is 10.5 Å². The molecule has 0 aliphatic carbocycles. The van der Waals surface area contributed by atoms with Gasteiger partial charge in [-0.2, -0.15) is 0 Å². The summed E-state index contributed by atoms with van der Waals surface area (Å²) in [4.78, 5) is 10.4. The van der Waals surface area contributed by atoms with Gasteiger partial charge in [-0.25, -0.2) is 4.79 Å². The van der Waals surface area contributed by atoms with Gasteiger partial charge in [-0.1, -0.05) is 5.16 Å². The quantitative estimate of drug-likeness (QED) is 0.611. The van der Waals surface area contributed by atoms with Crippen LogP contribution in [-0.2, 0) is 6.54 Å². The number of carboxylic acid groups (broad SMARTS) is 1. The first-order valence-corrected chi connectivity index (χ1v) is 4.17. The van der Waals surface area contributed by atoms with Gasteiger partial charge < -0.3 is 20.1 Å². The zero-order valence-corrected chi connectivity index (χ0v) is 7.73. The highest BCUT2D eigenvalue weighted by atomic mass is 16.5. The molecule has 14 heavy (non-hydrogen) atoms. The van der Waals surface area contributed by atoms with Crippen LogP contribution in [0.3, 0.4) is 0 Å². The first-order chi connectivity index (χ1) is 6.59. The predicted octanol–water partition coefficient (Wildman–Crippen LogP) is -0.157. The number of hydrogen-bond donors (Lipinski definition) is 3. The van der Waals surface area contributed by atoms with E-state index in [2.05, 4.69) is 10.5 Å². The molecule has 6 heteroatoms. The molecule has 1 aromatic heterocycles. The van der Waals surface area contributed by atoms with Gasteiger partial charge in [0.1, 0.15) is 0 Å². The molecule has 3 N–H and O–H groups in total. The minimum Gasteiger partial charge on any atom is -0.476 e. The Hall–Kier alpha value is -1.40. The Labute approximate surface area is 80.5 Å². The van der Waals surface area contributed by atoms with Crippen molar-refractivity contribution in [2.75, 3.05) is 6.54 Å². The summed E-state index contributed by atoms with van der Waals surface area (Å²) >= 11 is 0. The van der Waals surface area contributed by atoms with Gasteiger partial charge in [0.05, 0.1) is 12.6 Å². The number of rotatable bonds is 5. The Morgan fingerprint density at radius 2 is 2.50 bits per heavy atom. The second-order valence-electron chi connectivity index (χ2n) is 2.96. The maximum absolute atomic E-state index is 10.4. The van der Waals surface area contributed by atoms with Crippen molar-refractivity contribution in [2.24, 2.45) is 0 Å². The van der Waals surface area contributed by atoms with E-state index in [1.165, 1.54) is 6.07 Å². The molecule has 0 aliphatic rings. The Kier molecular flexibility index (Phi) is 3.61. The molecule has 1 rings (SSSR count). The minimum atomic E-state index is -1.12. The highest BCUT2D eigenvalue weighted by Crippen LogP contribution is 2.02. The van der Waals surface area contributed by atoms with Gasteiger partial charge in [-0.3, -0.25) is 0 Å². The van der Waals surface area contributed by atoms with Crippen LogP contribution in [0, 0.1) is 0 Å². The molecule has 0 aromatic carbocycles. The second-order valence-corrected chi connectivity index (χ2v) is 2.96. The molecule has 1 aromatic rings. The van der Waals surface area contributed by atoms with Gasteiger partial charge in [-0.15, -0.1) is 0 Å². The SMILES string of the molecule is CC(O)CNCc1cc(C(=O)O)no1. The third-order valence-electron chi connectivity index (χ3n) is 1.52. The third-order valence-corrected chi connectivity index (χ3v) is 1.52. The lowest BCUT2D eigenvalue weighted by atomic mass is 10.3. The molecular formula is C8H12N2O4. The Balaban J connectivity index is 2.40. The maximum Gasteiger partial charge on any atom is 0.358 e. The van der Waals surface area contributed by atoms with Crippen LogP contribution < -0.4 is 5.32 Å². The number of nitrogens with zero attached hydrogens (tertiary/aromatic N) is 1. The molecule has 0 bridgehead atoms. The summed E-state index contributed by atoms with van der Waals surface area (Å²) in [5.74, 6) is -0.682. The second kappa shape index (κ2) is 4.73. The summed E-state index contributed by atoms with van der Waals surface area (Å²) in [5.41, 5.74) is -0.112. The molecule has 0 saturated heterocycles. The van der Waals surface area contributed by atoms with Gasteiger partial charge in [0.2, 0.25) is 0 Å². The highest BCUT2D eigenvalue weighted by Gasteiger charge is 2.09. The van der Waals surface area contributed by atoms with E-state index >= 15 is 0 Å². The lowest BCUT2D eigenvalue weighted by Crippen LogP contribution is -2.23. The summed E-state index contributed by atoms with van der Waals surface area (Å²) in [7, 11) is 0. The van der Waals surface area contributed by atoms with Crippen LogP contribution in [0.5, 0.6) is 0 Å². The standard InChI is InChI=1S/C8H12N2O4/c1-5(11)3-9-4-6-2-7(8(12)13)10-14-6/h2,5,9,11H,3-4H2,1H3,(H,12,13). The molecule has 0 saturated carbocycles. The monoisotopic (exact) mass is 200 g/mol. The van der Waals surface area contributed by atoms with Crippen LogP contribution in [0.25, 0.3) is 0 Å². The van der Waals surface area contributed by atoms with Crippen LogP contribution in [0.4, 0.5) is 0 Å². The van der Waals surface area contributed by atoms with Crippen molar-refractivity contribution in [3.05, 3.63) is 17.5 Å². The zero-order chi connectivity index (χ0) is 10.6. The molecular weight excluding hydrogens is 188 g/mol. The van der Waals surface area contributed by atoms with Crippen LogP contribution in [0.15, 0.2) is 10.6 Å². The van der Waals surface area contributed by atoms with E-state index in [4.69, 9.17) is 14.7 Å². The summed E-state index contributed by atoms with van der Waals surface area (Å²) < 4.78 is 4.73. The molecule has 1 unspecified atom stereocenters. The fourth-order valence-corrected chi connectivity index (χ4v) is 0.901. The predicted molar refractivity (Wildman–Crippen MR) is 46.8 cm³/mol. The molecule has 1 heterocycles. The molecule has 1 atom stereocenters. The summed E-state index contributed by atoms with van der Waals surface area (Å²) in [6.45, 7) is 2.42. The number of carbonyl (C=O) groups is 1. The smallest absolute Gasteiger partial charge is 0.358 e. The number of aromatic nitrogens is 1. The number of aliphatic hydroxyl groups excluding tert-OH is 1. The van der Waals surface area contributed by atoms with E-state index in [1.807, 2.05) is 0 Å². The lowest BCUT2D eigenvalue weighted by Gasteiger charge is -2.03. The number of hydrogen-bond acceptors (Lipinski definition) is 5. The van der Waals surface area contributed by atoms with E-state index in [1.54, 1.807) is 6.92 Å². The van der Waals surface area contributed by atoms with E-state index in [0.717, 1.165) is 0 Å². The molecule has 0 fully saturated rings. The number of aliphatic hydroxyl groups is 1. The molecule has 78 valence electrons. The van der Waals surface area contributed by atoms with Gasteiger partial charge in [0.15, 0.2) is 11.5 Å². The molecule has 0 amide bonds. The maximum atomic E-state index is 10.4. The van der Waals surface area contributed by atoms with Crippen molar-refractivity contribution in [1.29, 1.82) is 0 Å². The summed E-state index contributed by atoms with van der Waals surface area (Å²) in [5, 5.41) is 23.7. The van der Waals surface area contributed by atoms with Crippen molar-refractivity contribution in [3.8, 4) is 0 Å². The number of aromatic carboxylic acids is 1. The fourth-order valence-electron chi connectivity index (χ4n) is 0.901. The zero-order valence-electron chi connectivity index (χ0n) is 7.73. The first-order valence-electron chi connectivity index (χ1n) is 4.17. The van der Waals surface area contributed by atoms with Crippen molar-refractivity contribution in [3.63, 3.8) is 0 Å². The van der Waals surface area contributed by atoms with Crippen LogP contribution in [0.2, 0.25) is 0 Å². The number of nitrogens with one attached hydrogen (secondary N) is 1.